The minimum Gasteiger partial charge on any atom is -0.468 e. The van der Waals surface area contributed by atoms with Gasteiger partial charge in [0, 0.05) is 23.3 Å². The lowest BCUT2D eigenvalue weighted by Crippen LogP contribution is -2.20. The summed E-state index contributed by atoms with van der Waals surface area (Å²) in [5, 5.41) is 0. The Balaban J connectivity index is 2.03. The smallest absolute Gasteiger partial charge is 0.112 e. The molecule has 0 aliphatic heterocycles. The summed E-state index contributed by atoms with van der Waals surface area (Å²) < 4.78 is 8.11. The van der Waals surface area contributed by atoms with E-state index in [0.717, 1.165) is 12.8 Å². The second-order valence-electron chi connectivity index (χ2n) is 8.48. The number of aromatic nitrogens is 1. The van der Waals surface area contributed by atoms with Gasteiger partial charge >= 0.3 is 0 Å². The van der Waals surface area contributed by atoms with E-state index in [2.05, 4.69) is 77.6 Å². The highest BCUT2D eigenvalue weighted by Gasteiger charge is 2.27. The quantitative estimate of drug-likeness (QED) is 0.615. The molecule has 0 saturated heterocycles. The van der Waals surface area contributed by atoms with Gasteiger partial charge in [0.15, 0.2) is 0 Å². The van der Waals surface area contributed by atoms with E-state index in [1.54, 1.807) is 0 Å². The molecule has 2 aromatic heterocycles. The number of nitrogens with zero attached hydrogens (tertiary/aromatic N) is 1. The van der Waals surface area contributed by atoms with Crippen LogP contribution in [0.25, 0.3) is 0 Å². The number of aryl methyl sites for hydroxylation is 1. The van der Waals surface area contributed by atoms with Gasteiger partial charge in [0.25, 0.3) is 0 Å². The van der Waals surface area contributed by atoms with Crippen molar-refractivity contribution in [3.05, 3.63) is 47.7 Å². The van der Waals surface area contributed by atoms with E-state index >= 15 is 0 Å². The van der Waals surface area contributed by atoms with Crippen molar-refractivity contribution in [1.29, 1.82) is 0 Å². The number of furan rings is 1. The standard InChI is InChI=1S/C21H33NO/c1-8-17-11-14-23-19(17)21(6,7)12-9-16(2)18-10-13-22(15-18)20(3,4)5/h10-11,13-16H,8-9,12H2,1-7H3. The van der Waals surface area contributed by atoms with Crippen molar-refractivity contribution in [1.82, 2.24) is 4.57 Å². The van der Waals surface area contributed by atoms with E-state index in [4.69, 9.17) is 4.42 Å². The molecule has 0 bridgehead atoms. The molecular formula is C21H33NO. The summed E-state index contributed by atoms with van der Waals surface area (Å²) in [7, 11) is 0. The Labute approximate surface area is 141 Å². The second-order valence-corrected chi connectivity index (χ2v) is 8.48. The minimum atomic E-state index is 0.0930. The average Bonchev–Trinajstić information content (AvgIpc) is 3.12. The highest BCUT2D eigenvalue weighted by atomic mass is 16.3. The van der Waals surface area contributed by atoms with E-state index in [9.17, 15) is 0 Å². The Kier molecular flexibility index (Phi) is 5.13. The van der Waals surface area contributed by atoms with Crippen LogP contribution < -0.4 is 0 Å². The maximum atomic E-state index is 5.80. The largest absolute Gasteiger partial charge is 0.468 e. The lowest BCUT2D eigenvalue weighted by molar-refractivity contribution is 0.345. The first kappa shape index (κ1) is 17.9. The zero-order valence-electron chi connectivity index (χ0n) is 15.9. The Morgan fingerprint density at radius 1 is 1.13 bits per heavy atom. The fourth-order valence-corrected chi connectivity index (χ4v) is 3.19. The van der Waals surface area contributed by atoms with Gasteiger partial charge in [-0.05, 0) is 69.2 Å². The van der Waals surface area contributed by atoms with Gasteiger partial charge in [-0.2, -0.15) is 0 Å². The minimum absolute atomic E-state index is 0.0930. The Morgan fingerprint density at radius 3 is 2.39 bits per heavy atom. The topological polar surface area (TPSA) is 18.1 Å². The zero-order valence-corrected chi connectivity index (χ0v) is 15.9. The predicted molar refractivity (Wildman–Crippen MR) is 98.2 cm³/mol. The summed E-state index contributed by atoms with van der Waals surface area (Å²) in [6.07, 6.45) is 9.70. The second kappa shape index (κ2) is 6.59. The number of hydrogen-bond acceptors (Lipinski definition) is 1. The molecule has 2 nitrogen and oxygen atoms in total. The molecule has 2 aromatic rings. The first-order valence-electron chi connectivity index (χ1n) is 8.90. The first-order chi connectivity index (χ1) is 10.6. The molecule has 0 N–H and O–H groups in total. The van der Waals surface area contributed by atoms with Crippen LogP contribution in [0, 0.1) is 0 Å². The molecule has 0 aliphatic carbocycles. The summed E-state index contributed by atoms with van der Waals surface area (Å²) in [6, 6.07) is 4.39. The van der Waals surface area contributed by atoms with Crippen molar-refractivity contribution < 1.29 is 4.42 Å². The fourth-order valence-electron chi connectivity index (χ4n) is 3.19. The summed E-state index contributed by atoms with van der Waals surface area (Å²) in [5.41, 5.74) is 3.03. The molecule has 0 fully saturated rings. The van der Waals surface area contributed by atoms with Gasteiger partial charge < -0.3 is 8.98 Å². The summed E-state index contributed by atoms with van der Waals surface area (Å²) in [5.74, 6) is 1.73. The van der Waals surface area contributed by atoms with Crippen LogP contribution in [0.1, 0.15) is 84.1 Å². The van der Waals surface area contributed by atoms with Crippen LogP contribution in [-0.2, 0) is 17.4 Å². The van der Waals surface area contributed by atoms with Crippen LogP contribution in [0.5, 0.6) is 0 Å². The van der Waals surface area contributed by atoms with E-state index in [0.29, 0.717) is 5.92 Å². The highest BCUT2D eigenvalue weighted by molar-refractivity contribution is 5.24. The summed E-state index contributed by atoms with van der Waals surface area (Å²) in [4.78, 5) is 0. The molecule has 2 heteroatoms. The number of rotatable bonds is 6. The van der Waals surface area contributed by atoms with Crippen LogP contribution in [0.3, 0.4) is 0 Å². The third kappa shape index (κ3) is 4.10. The summed E-state index contributed by atoms with van der Waals surface area (Å²) >= 11 is 0. The zero-order chi connectivity index (χ0) is 17.3. The molecule has 0 aliphatic rings. The van der Waals surface area contributed by atoms with Crippen LogP contribution in [0.4, 0.5) is 0 Å². The van der Waals surface area contributed by atoms with Crippen molar-refractivity contribution in [2.24, 2.45) is 0 Å². The normalized spacial score (nSPS) is 14.2. The lowest BCUT2D eigenvalue weighted by atomic mass is 9.80. The monoisotopic (exact) mass is 315 g/mol. The molecule has 0 spiro atoms. The lowest BCUT2D eigenvalue weighted by Gasteiger charge is -2.25. The van der Waals surface area contributed by atoms with Crippen LogP contribution >= 0.6 is 0 Å². The first-order valence-corrected chi connectivity index (χ1v) is 8.90. The third-order valence-electron chi connectivity index (χ3n) is 5.00. The maximum Gasteiger partial charge on any atom is 0.112 e. The molecule has 1 atom stereocenters. The number of hydrogen-bond donors (Lipinski definition) is 0. The SMILES string of the molecule is CCc1ccoc1C(C)(C)CCC(C)c1ccn(C(C)(C)C)c1. The van der Waals surface area contributed by atoms with Crippen molar-refractivity contribution in [3.8, 4) is 0 Å². The van der Waals surface area contributed by atoms with Crippen LogP contribution in [0.2, 0.25) is 0 Å². The fraction of sp³-hybridized carbons (Fsp3) is 0.619. The Bertz CT molecular complexity index is 624. The maximum absolute atomic E-state index is 5.80. The van der Waals surface area contributed by atoms with E-state index in [-0.39, 0.29) is 11.0 Å². The van der Waals surface area contributed by atoms with Gasteiger partial charge in [0.05, 0.1) is 6.26 Å². The molecule has 128 valence electrons. The van der Waals surface area contributed by atoms with Crippen molar-refractivity contribution in [3.63, 3.8) is 0 Å². The van der Waals surface area contributed by atoms with Gasteiger partial charge in [-0.1, -0.05) is 27.7 Å². The van der Waals surface area contributed by atoms with Crippen molar-refractivity contribution in [2.45, 2.75) is 84.6 Å². The Hall–Kier alpha value is -1.44. The molecular weight excluding hydrogens is 282 g/mol. The van der Waals surface area contributed by atoms with Gasteiger partial charge in [-0.3, -0.25) is 0 Å². The van der Waals surface area contributed by atoms with Crippen LogP contribution in [-0.4, -0.2) is 4.57 Å². The molecule has 2 heterocycles. The molecule has 0 radical (unpaired) electrons. The van der Waals surface area contributed by atoms with Gasteiger partial charge in [-0.25, -0.2) is 0 Å². The molecule has 0 amide bonds. The van der Waals surface area contributed by atoms with Crippen molar-refractivity contribution >= 4 is 0 Å². The molecule has 23 heavy (non-hydrogen) atoms. The Morgan fingerprint density at radius 2 is 1.83 bits per heavy atom. The average molecular weight is 316 g/mol. The van der Waals surface area contributed by atoms with Crippen LogP contribution in [0.15, 0.2) is 35.2 Å². The molecule has 1 unspecified atom stereocenters. The van der Waals surface area contributed by atoms with Crippen molar-refractivity contribution in [2.75, 3.05) is 0 Å². The van der Waals surface area contributed by atoms with E-state index < -0.39 is 0 Å². The van der Waals surface area contributed by atoms with Gasteiger partial charge in [0.1, 0.15) is 5.76 Å². The van der Waals surface area contributed by atoms with E-state index in [1.807, 2.05) is 6.26 Å². The van der Waals surface area contributed by atoms with Gasteiger partial charge in [-0.15, -0.1) is 0 Å². The third-order valence-corrected chi connectivity index (χ3v) is 5.00. The van der Waals surface area contributed by atoms with E-state index in [1.165, 1.54) is 23.3 Å². The van der Waals surface area contributed by atoms with Gasteiger partial charge in [0.2, 0.25) is 0 Å². The molecule has 2 rings (SSSR count). The highest BCUT2D eigenvalue weighted by Crippen LogP contribution is 2.35. The molecule has 0 saturated carbocycles. The predicted octanol–water partition coefficient (Wildman–Crippen LogP) is 6.26. The summed E-state index contributed by atoms with van der Waals surface area (Å²) in [6.45, 7) is 15.9. The molecule has 0 aromatic carbocycles.